The third-order valence-electron chi connectivity index (χ3n) is 6.21. The number of carbonyl (C=O) groups is 1. The van der Waals surface area contributed by atoms with Crippen LogP contribution < -0.4 is 0 Å². The van der Waals surface area contributed by atoms with Crippen molar-refractivity contribution in [1.82, 2.24) is 0 Å². The van der Waals surface area contributed by atoms with Gasteiger partial charge in [-0.3, -0.25) is 0 Å². The van der Waals surface area contributed by atoms with E-state index in [1.54, 1.807) is 0 Å². The maximum atomic E-state index is 11.8. The largest absolute Gasteiger partial charge is 0.465 e. The molecule has 0 spiro atoms. The van der Waals surface area contributed by atoms with Crippen molar-refractivity contribution in [1.29, 1.82) is 0 Å². The monoisotopic (exact) mass is 328 g/mol. The fraction of sp³-hybridized carbons (Fsp3) is 0.571. The third-order valence-corrected chi connectivity index (χ3v) is 6.21. The molecule has 3 rings (SSSR count). The van der Waals surface area contributed by atoms with Gasteiger partial charge in [0.1, 0.15) is 0 Å². The first-order valence-corrected chi connectivity index (χ1v) is 9.11. The molecule has 0 amide bonds. The van der Waals surface area contributed by atoms with Gasteiger partial charge >= 0.3 is 5.97 Å². The number of rotatable bonds is 4. The highest BCUT2D eigenvalue weighted by molar-refractivity contribution is 5.90. The first-order valence-electron chi connectivity index (χ1n) is 9.11. The van der Waals surface area contributed by atoms with Crippen LogP contribution in [0.2, 0.25) is 0 Å². The van der Waals surface area contributed by atoms with E-state index >= 15 is 0 Å². The van der Waals surface area contributed by atoms with Crippen LogP contribution in [0.3, 0.4) is 0 Å². The van der Waals surface area contributed by atoms with Gasteiger partial charge in [0.05, 0.1) is 18.3 Å². The fourth-order valence-corrected chi connectivity index (χ4v) is 4.88. The highest BCUT2D eigenvalue weighted by Gasteiger charge is 2.49. The van der Waals surface area contributed by atoms with Gasteiger partial charge in [-0.05, 0) is 61.3 Å². The standard InChI is InChI=1S/C21H28O3/c1-4-10-20(23)11-12-21(5-2)17(14-20)8-6-15-13-16(19(22)24-3)7-9-18(15)21/h6-9,13,17,23H,4-5,10-12,14H2,1-3H3/t17?,20?,21-/m0/s1. The second-order valence-corrected chi connectivity index (χ2v) is 7.45. The van der Waals surface area contributed by atoms with E-state index in [4.69, 9.17) is 4.74 Å². The van der Waals surface area contributed by atoms with Crippen LogP contribution in [-0.2, 0) is 10.2 Å². The van der Waals surface area contributed by atoms with Crippen LogP contribution in [0.25, 0.3) is 6.08 Å². The number of aliphatic hydroxyl groups is 1. The van der Waals surface area contributed by atoms with Crippen molar-refractivity contribution in [2.45, 2.75) is 63.4 Å². The maximum absolute atomic E-state index is 11.8. The molecule has 1 aromatic rings. The summed E-state index contributed by atoms with van der Waals surface area (Å²) < 4.78 is 4.84. The third kappa shape index (κ3) is 2.69. The zero-order chi connectivity index (χ0) is 17.4. The quantitative estimate of drug-likeness (QED) is 0.829. The van der Waals surface area contributed by atoms with Crippen LogP contribution in [0.4, 0.5) is 0 Å². The van der Waals surface area contributed by atoms with E-state index in [9.17, 15) is 9.90 Å². The van der Waals surface area contributed by atoms with Crippen molar-refractivity contribution in [2.24, 2.45) is 5.92 Å². The van der Waals surface area contributed by atoms with E-state index in [1.165, 1.54) is 12.7 Å². The molecule has 130 valence electrons. The summed E-state index contributed by atoms with van der Waals surface area (Å²) >= 11 is 0. The van der Waals surface area contributed by atoms with Crippen molar-refractivity contribution >= 4 is 12.0 Å². The predicted molar refractivity (Wildman–Crippen MR) is 96.0 cm³/mol. The Bertz CT molecular complexity index is 663. The van der Waals surface area contributed by atoms with Gasteiger partial charge < -0.3 is 9.84 Å². The molecule has 0 heterocycles. The molecule has 3 atom stereocenters. The average molecular weight is 328 g/mol. The number of carbonyl (C=O) groups excluding carboxylic acids is 1. The zero-order valence-electron chi connectivity index (χ0n) is 15.0. The summed E-state index contributed by atoms with van der Waals surface area (Å²) in [5.74, 6) is 0.0733. The lowest BCUT2D eigenvalue weighted by Crippen LogP contribution is -2.48. The Morgan fingerprint density at radius 2 is 2.12 bits per heavy atom. The second kappa shape index (κ2) is 6.36. The van der Waals surface area contributed by atoms with E-state index < -0.39 is 5.60 Å². The Hall–Kier alpha value is -1.61. The van der Waals surface area contributed by atoms with Crippen LogP contribution >= 0.6 is 0 Å². The fourth-order valence-electron chi connectivity index (χ4n) is 4.88. The Morgan fingerprint density at radius 1 is 1.33 bits per heavy atom. The van der Waals surface area contributed by atoms with Crippen molar-refractivity contribution in [2.75, 3.05) is 7.11 Å². The average Bonchev–Trinajstić information content (AvgIpc) is 2.60. The second-order valence-electron chi connectivity index (χ2n) is 7.45. The summed E-state index contributed by atoms with van der Waals surface area (Å²) in [6, 6.07) is 5.93. The van der Waals surface area contributed by atoms with E-state index in [-0.39, 0.29) is 11.4 Å². The smallest absolute Gasteiger partial charge is 0.337 e. The molecule has 2 aliphatic carbocycles. The van der Waals surface area contributed by atoms with Crippen molar-refractivity contribution in [3.8, 4) is 0 Å². The minimum atomic E-state index is -0.522. The summed E-state index contributed by atoms with van der Waals surface area (Å²) in [4.78, 5) is 11.8. The number of hydrogen-bond acceptors (Lipinski definition) is 3. The molecular formula is C21H28O3. The van der Waals surface area contributed by atoms with E-state index in [2.05, 4.69) is 32.1 Å². The number of esters is 1. The molecule has 0 bridgehead atoms. The van der Waals surface area contributed by atoms with Gasteiger partial charge in [0.15, 0.2) is 0 Å². The Kier molecular flexibility index (Phi) is 4.56. The summed E-state index contributed by atoms with van der Waals surface area (Å²) in [6.07, 6.45) is 10.0. The van der Waals surface area contributed by atoms with Gasteiger partial charge in [0.2, 0.25) is 0 Å². The van der Waals surface area contributed by atoms with E-state index in [0.29, 0.717) is 11.5 Å². The van der Waals surface area contributed by atoms with Crippen molar-refractivity contribution in [3.63, 3.8) is 0 Å². The van der Waals surface area contributed by atoms with Gasteiger partial charge in [-0.2, -0.15) is 0 Å². The minimum absolute atomic E-state index is 0.0820. The van der Waals surface area contributed by atoms with Gasteiger partial charge in [0.25, 0.3) is 0 Å². The molecule has 2 aliphatic rings. The number of benzene rings is 1. The number of allylic oxidation sites excluding steroid dienone is 1. The lowest BCUT2D eigenvalue weighted by Gasteiger charge is -2.51. The molecule has 3 heteroatoms. The highest BCUT2D eigenvalue weighted by Crippen LogP contribution is 2.54. The van der Waals surface area contributed by atoms with Gasteiger partial charge in [-0.25, -0.2) is 4.79 Å². The van der Waals surface area contributed by atoms with Crippen LogP contribution in [0.15, 0.2) is 24.3 Å². The minimum Gasteiger partial charge on any atom is -0.465 e. The SMILES string of the molecule is CCCC1(O)CC[C@]2(CC)c3ccc(C(=O)OC)cc3C=CC2C1. The molecule has 3 nitrogen and oxygen atoms in total. The van der Waals surface area contributed by atoms with Crippen LogP contribution in [0.5, 0.6) is 0 Å². The lowest BCUT2D eigenvalue weighted by molar-refractivity contribution is -0.0426. The number of methoxy groups -OCH3 is 1. The van der Waals surface area contributed by atoms with Crippen molar-refractivity contribution < 1.29 is 14.6 Å². The lowest BCUT2D eigenvalue weighted by atomic mass is 9.55. The summed E-state index contributed by atoms with van der Waals surface area (Å²) in [5.41, 5.74) is 2.61. The number of hydrogen-bond donors (Lipinski definition) is 1. The maximum Gasteiger partial charge on any atom is 0.337 e. The molecule has 1 aromatic carbocycles. The Balaban J connectivity index is 1.99. The topological polar surface area (TPSA) is 46.5 Å². The first-order chi connectivity index (χ1) is 11.5. The van der Waals surface area contributed by atoms with Gasteiger partial charge in [-0.1, -0.05) is 38.5 Å². The van der Waals surface area contributed by atoms with Crippen LogP contribution in [0, 0.1) is 5.92 Å². The molecule has 0 saturated heterocycles. The van der Waals surface area contributed by atoms with E-state index in [0.717, 1.165) is 44.1 Å². The molecule has 24 heavy (non-hydrogen) atoms. The highest BCUT2D eigenvalue weighted by atomic mass is 16.5. The van der Waals surface area contributed by atoms with E-state index in [1.807, 2.05) is 12.1 Å². The molecule has 0 aliphatic heterocycles. The first kappa shape index (κ1) is 17.2. The van der Waals surface area contributed by atoms with Crippen molar-refractivity contribution in [3.05, 3.63) is 41.0 Å². The van der Waals surface area contributed by atoms with Crippen LogP contribution in [-0.4, -0.2) is 23.8 Å². The summed E-state index contributed by atoms with van der Waals surface area (Å²) in [7, 11) is 1.41. The Morgan fingerprint density at radius 3 is 2.79 bits per heavy atom. The predicted octanol–water partition coefficient (Wildman–Crippen LogP) is 4.48. The molecule has 0 radical (unpaired) electrons. The van der Waals surface area contributed by atoms with Crippen LogP contribution in [0.1, 0.15) is 73.9 Å². The Labute approximate surface area is 144 Å². The molecular weight excluding hydrogens is 300 g/mol. The number of ether oxygens (including phenoxy) is 1. The summed E-state index contributed by atoms with van der Waals surface area (Å²) in [6.45, 7) is 4.38. The van der Waals surface area contributed by atoms with Gasteiger partial charge in [0, 0.05) is 5.41 Å². The molecule has 1 N–H and O–H groups in total. The normalized spacial score (nSPS) is 31.2. The molecule has 1 fully saturated rings. The zero-order valence-corrected chi connectivity index (χ0v) is 15.0. The summed E-state index contributed by atoms with van der Waals surface area (Å²) in [5, 5.41) is 10.9. The number of fused-ring (bicyclic) bond motifs is 3. The molecule has 2 unspecified atom stereocenters. The molecule has 1 saturated carbocycles. The van der Waals surface area contributed by atoms with Gasteiger partial charge in [-0.15, -0.1) is 0 Å². The molecule has 0 aromatic heterocycles.